The lowest BCUT2D eigenvalue weighted by atomic mass is 10.1. The zero-order valence-electron chi connectivity index (χ0n) is 16.0. The first-order valence-electron chi connectivity index (χ1n) is 9.65. The van der Waals surface area contributed by atoms with Gasteiger partial charge in [-0.3, -0.25) is 4.79 Å². The van der Waals surface area contributed by atoms with Crippen molar-refractivity contribution in [2.24, 2.45) is 0 Å². The number of piperazine rings is 1. The summed E-state index contributed by atoms with van der Waals surface area (Å²) in [6, 6.07) is 15.9. The molecule has 0 aliphatic carbocycles. The molecule has 0 aromatic heterocycles. The van der Waals surface area contributed by atoms with E-state index < -0.39 is 6.10 Å². The lowest BCUT2D eigenvalue weighted by molar-refractivity contribution is -0.139. The normalized spacial score (nSPS) is 15.5. The van der Waals surface area contributed by atoms with Crippen LogP contribution in [-0.4, -0.2) is 43.1 Å². The van der Waals surface area contributed by atoms with Gasteiger partial charge in [0.15, 0.2) is 6.10 Å². The summed E-state index contributed by atoms with van der Waals surface area (Å²) in [5.74, 6) is 0.827. The van der Waals surface area contributed by atoms with Crippen molar-refractivity contribution in [3.8, 4) is 5.75 Å². The molecule has 144 valence electrons. The Bertz CT molecular complexity index is 755. The van der Waals surface area contributed by atoms with Gasteiger partial charge in [0, 0.05) is 36.9 Å². The lowest BCUT2D eigenvalue weighted by Crippen LogP contribution is -2.52. The molecule has 0 unspecified atom stereocenters. The second-order valence-corrected chi connectivity index (χ2v) is 7.24. The Morgan fingerprint density at radius 3 is 2.37 bits per heavy atom. The number of carbonyl (C=O) groups is 1. The van der Waals surface area contributed by atoms with Gasteiger partial charge < -0.3 is 14.5 Å². The van der Waals surface area contributed by atoms with Gasteiger partial charge in [-0.1, -0.05) is 43.6 Å². The molecule has 2 aromatic carbocycles. The van der Waals surface area contributed by atoms with Gasteiger partial charge in [0.25, 0.3) is 5.91 Å². The highest BCUT2D eigenvalue weighted by molar-refractivity contribution is 6.30. The van der Waals surface area contributed by atoms with Crippen LogP contribution in [0.1, 0.15) is 25.8 Å². The minimum absolute atomic E-state index is 0.0720. The molecule has 4 nitrogen and oxygen atoms in total. The molecule has 0 saturated carbocycles. The quantitative estimate of drug-likeness (QED) is 0.737. The highest BCUT2D eigenvalue weighted by atomic mass is 35.5. The molecule has 0 N–H and O–H groups in total. The third kappa shape index (κ3) is 4.95. The number of nitrogens with zero attached hydrogens (tertiary/aromatic N) is 2. The van der Waals surface area contributed by atoms with E-state index in [9.17, 15) is 4.79 Å². The Morgan fingerprint density at radius 2 is 1.78 bits per heavy atom. The smallest absolute Gasteiger partial charge is 0.263 e. The van der Waals surface area contributed by atoms with Crippen LogP contribution in [0.15, 0.2) is 48.5 Å². The zero-order chi connectivity index (χ0) is 19.2. The number of rotatable bonds is 6. The van der Waals surface area contributed by atoms with Crippen molar-refractivity contribution in [1.29, 1.82) is 0 Å². The van der Waals surface area contributed by atoms with Gasteiger partial charge in [-0.25, -0.2) is 0 Å². The third-order valence-corrected chi connectivity index (χ3v) is 5.26. The predicted molar refractivity (Wildman–Crippen MR) is 111 cm³/mol. The molecule has 0 bridgehead atoms. The third-order valence-electron chi connectivity index (χ3n) is 5.02. The minimum Gasteiger partial charge on any atom is -0.481 e. The van der Waals surface area contributed by atoms with Crippen LogP contribution >= 0.6 is 11.6 Å². The van der Waals surface area contributed by atoms with Crippen LogP contribution in [0.3, 0.4) is 0 Å². The number of hydrogen-bond acceptors (Lipinski definition) is 3. The van der Waals surface area contributed by atoms with E-state index in [0.29, 0.717) is 19.5 Å². The predicted octanol–water partition coefficient (Wildman–Crippen LogP) is 4.41. The molecule has 1 saturated heterocycles. The van der Waals surface area contributed by atoms with E-state index >= 15 is 0 Å². The summed E-state index contributed by atoms with van der Waals surface area (Å²) in [6.45, 7) is 7.10. The van der Waals surface area contributed by atoms with E-state index in [-0.39, 0.29) is 5.91 Å². The average Bonchev–Trinajstić information content (AvgIpc) is 2.72. The number of benzene rings is 2. The van der Waals surface area contributed by atoms with E-state index in [4.69, 9.17) is 16.3 Å². The monoisotopic (exact) mass is 386 g/mol. The Kier molecular flexibility index (Phi) is 6.62. The van der Waals surface area contributed by atoms with Crippen molar-refractivity contribution in [3.63, 3.8) is 0 Å². The van der Waals surface area contributed by atoms with Gasteiger partial charge >= 0.3 is 0 Å². The molecular formula is C22H27ClN2O2. The van der Waals surface area contributed by atoms with E-state index in [1.807, 2.05) is 42.2 Å². The summed E-state index contributed by atoms with van der Waals surface area (Å²) in [4.78, 5) is 17.1. The first kappa shape index (κ1) is 19.6. The maximum atomic E-state index is 12.9. The Balaban J connectivity index is 1.58. The fourth-order valence-electron chi connectivity index (χ4n) is 3.34. The van der Waals surface area contributed by atoms with Gasteiger partial charge in [0.05, 0.1) is 0 Å². The van der Waals surface area contributed by atoms with Crippen LogP contribution in [-0.2, 0) is 11.2 Å². The number of amides is 1. The second kappa shape index (κ2) is 9.14. The average molecular weight is 387 g/mol. The molecule has 5 heteroatoms. The molecule has 0 spiro atoms. The largest absolute Gasteiger partial charge is 0.481 e. The second-order valence-electron chi connectivity index (χ2n) is 6.80. The Labute approximate surface area is 166 Å². The lowest BCUT2D eigenvalue weighted by Gasteiger charge is -2.37. The molecule has 1 atom stereocenters. The number of halogens is 1. The van der Waals surface area contributed by atoms with Crippen LogP contribution in [0.4, 0.5) is 5.69 Å². The summed E-state index contributed by atoms with van der Waals surface area (Å²) in [6.07, 6.45) is 1.21. The fraction of sp³-hybridized carbons (Fsp3) is 0.409. The Morgan fingerprint density at radius 1 is 1.07 bits per heavy atom. The maximum absolute atomic E-state index is 12.9. The topological polar surface area (TPSA) is 32.8 Å². The van der Waals surface area contributed by atoms with Crippen LogP contribution in [0, 0.1) is 0 Å². The number of carbonyl (C=O) groups excluding carboxylic acids is 1. The van der Waals surface area contributed by atoms with Crippen LogP contribution in [0.2, 0.25) is 5.02 Å². The van der Waals surface area contributed by atoms with E-state index in [1.165, 1.54) is 5.56 Å². The highest BCUT2D eigenvalue weighted by Gasteiger charge is 2.28. The van der Waals surface area contributed by atoms with E-state index in [0.717, 1.165) is 36.0 Å². The SMILES string of the molecule is CCc1ccc(O[C@H](CC)C(=O)N2CCN(c3cccc(Cl)c3)CC2)cc1. The molecule has 0 radical (unpaired) electrons. The number of hydrogen-bond donors (Lipinski definition) is 0. The van der Waals surface area contributed by atoms with Gasteiger partial charge in [-0.05, 0) is 48.7 Å². The molecular weight excluding hydrogens is 360 g/mol. The molecule has 1 fully saturated rings. The number of aryl methyl sites for hydroxylation is 1. The summed E-state index contributed by atoms with van der Waals surface area (Å²) < 4.78 is 5.98. The van der Waals surface area contributed by atoms with Gasteiger partial charge in [-0.2, -0.15) is 0 Å². The molecule has 1 aliphatic rings. The fourth-order valence-corrected chi connectivity index (χ4v) is 3.52. The van der Waals surface area contributed by atoms with Crippen molar-refractivity contribution in [2.75, 3.05) is 31.1 Å². The van der Waals surface area contributed by atoms with Gasteiger partial charge in [0.2, 0.25) is 0 Å². The van der Waals surface area contributed by atoms with Crippen molar-refractivity contribution >= 4 is 23.2 Å². The minimum atomic E-state index is -0.435. The van der Waals surface area contributed by atoms with Crippen LogP contribution in [0.25, 0.3) is 0 Å². The van der Waals surface area contributed by atoms with Gasteiger partial charge in [0.1, 0.15) is 5.75 Å². The summed E-state index contributed by atoms with van der Waals surface area (Å²) >= 11 is 6.09. The van der Waals surface area contributed by atoms with Gasteiger partial charge in [-0.15, -0.1) is 0 Å². The van der Waals surface area contributed by atoms with Crippen molar-refractivity contribution < 1.29 is 9.53 Å². The van der Waals surface area contributed by atoms with E-state index in [2.05, 4.69) is 30.0 Å². The molecule has 2 aromatic rings. The summed E-state index contributed by atoms with van der Waals surface area (Å²) in [5.41, 5.74) is 2.37. The van der Waals surface area contributed by atoms with Crippen molar-refractivity contribution in [2.45, 2.75) is 32.8 Å². The van der Waals surface area contributed by atoms with Crippen molar-refractivity contribution in [3.05, 3.63) is 59.1 Å². The maximum Gasteiger partial charge on any atom is 0.263 e. The number of anilines is 1. The van der Waals surface area contributed by atoms with Crippen LogP contribution in [0.5, 0.6) is 5.75 Å². The van der Waals surface area contributed by atoms with E-state index in [1.54, 1.807) is 0 Å². The molecule has 27 heavy (non-hydrogen) atoms. The molecule has 3 rings (SSSR count). The number of ether oxygens (including phenoxy) is 1. The summed E-state index contributed by atoms with van der Waals surface area (Å²) in [7, 11) is 0. The Hall–Kier alpha value is -2.20. The zero-order valence-corrected chi connectivity index (χ0v) is 16.8. The van der Waals surface area contributed by atoms with Crippen LogP contribution < -0.4 is 9.64 Å². The standard InChI is InChI=1S/C22H27ClN2O2/c1-3-17-8-10-20(11-9-17)27-21(4-2)22(26)25-14-12-24(13-15-25)19-7-5-6-18(23)16-19/h5-11,16,21H,3-4,12-15H2,1-2H3/t21-/m1/s1. The summed E-state index contributed by atoms with van der Waals surface area (Å²) in [5, 5.41) is 0.736. The molecule has 1 amide bonds. The highest BCUT2D eigenvalue weighted by Crippen LogP contribution is 2.22. The molecule has 1 heterocycles. The first-order chi connectivity index (χ1) is 13.1. The van der Waals surface area contributed by atoms with Crippen molar-refractivity contribution in [1.82, 2.24) is 4.90 Å². The first-order valence-corrected chi connectivity index (χ1v) is 10.0. The molecule has 1 aliphatic heterocycles.